The first kappa shape index (κ1) is 15.4. The summed E-state index contributed by atoms with van der Waals surface area (Å²) in [6.45, 7) is 9.25. The highest BCUT2D eigenvalue weighted by Gasteiger charge is 2.16. The van der Waals surface area contributed by atoms with E-state index in [1.54, 1.807) is 0 Å². The van der Waals surface area contributed by atoms with Crippen molar-refractivity contribution in [3.63, 3.8) is 0 Å². The summed E-state index contributed by atoms with van der Waals surface area (Å²) >= 11 is 0. The Kier molecular flexibility index (Phi) is 3.72. The predicted molar refractivity (Wildman–Crippen MR) is 108 cm³/mol. The van der Waals surface area contributed by atoms with Gasteiger partial charge in [-0.25, -0.2) is 0 Å². The molecule has 2 atom stereocenters. The van der Waals surface area contributed by atoms with Gasteiger partial charge in [-0.2, -0.15) is 0 Å². The third-order valence-corrected chi connectivity index (χ3v) is 6.02. The molecular formula is C24H26. The van der Waals surface area contributed by atoms with Gasteiger partial charge in [0.25, 0.3) is 0 Å². The third-order valence-electron chi connectivity index (χ3n) is 6.02. The average molecular weight is 314 g/mol. The molecule has 0 aliphatic carbocycles. The van der Waals surface area contributed by atoms with E-state index in [-0.39, 0.29) is 0 Å². The van der Waals surface area contributed by atoms with E-state index in [2.05, 4.69) is 76.2 Å². The predicted octanol–water partition coefficient (Wildman–Crippen LogP) is 7.61. The van der Waals surface area contributed by atoms with Crippen molar-refractivity contribution in [1.29, 1.82) is 0 Å². The lowest BCUT2D eigenvalue weighted by Gasteiger charge is -2.20. The highest BCUT2D eigenvalue weighted by atomic mass is 14.2. The van der Waals surface area contributed by atoms with Crippen LogP contribution in [-0.4, -0.2) is 0 Å². The van der Waals surface area contributed by atoms with Gasteiger partial charge in [0.05, 0.1) is 0 Å². The van der Waals surface area contributed by atoms with Crippen LogP contribution in [0.4, 0.5) is 0 Å². The van der Waals surface area contributed by atoms with Crippen LogP contribution in [0.25, 0.3) is 32.3 Å². The Morgan fingerprint density at radius 1 is 0.583 bits per heavy atom. The zero-order valence-electron chi connectivity index (χ0n) is 15.2. The van der Waals surface area contributed by atoms with Crippen LogP contribution in [0.15, 0.2) is 48.5 Å². The molecule has 0 heteroatoms. The highest BCUT2D eigenvalue weighted by molar-refractivity contribution is 6.24. The molecule has 4 aromatic carbocycles. The van der Waals surface area contributed by atoms with Crippen LogP contribution in [0.2, 0.25) is 0 Å². The molecule has 0 spiro atoms. The van der Waals surface area contributed by atoms with Crippen molar-refractivity contribution in [3.8, 4) is 0 Å². The van der Waals surface area contributed by atoms with E-state index >= 15 is 0 Å². The molecule has 0 saturated carbocycles. The number of hydrogen-bond donors (Lipinski definition) is 0. The van der Waals surface area contributed by atoms with Crippen LogP contribution < -0.4 is 0 Å². The second kappa shape index (κ2) is 5.77. The second-order valence-corrected chi connectivity index (χ2v) is 7.35. The van der Waals surface area contributed by atoms with Crippen molar-refractivity contribution in [3.05, 3.63) is 59.7 Å². The SMILES string of the molecule is CCC(C)c1ccc2ccc3c(C(C)CC)ccc4ccc1c2c43. The van der Waals surface area contributed by atoms with Crippen molar-refractivity contribution in [2.45, 2.75) is 52.4 Å². The Morgan fingerprint density at radius 3 is 1.33 bits per heavy atom. The summed E-state index contributed by atoms with van der Waals surface area (Å²) in [5, 5.41) is 8.57. The quantitative estimate of drug-likeness (QED) is 0.340. The lowest BCUT2D eigenvalue weighted by atomic mass is 9.84. The van der Waals surface area contributed by atoms with E-state index in [1.807, 2.05) is 0 Å². The first-order valence-electron chi connectivity index (χ1n) is 9.36. The molecule has 4 rings (SSSR count). The van der Waals surface area contributed by atoms with Gasteiger partial charge in [0.1, 0.15) is 0 Å². The summed E-state index contributed by atoms with van der Waals surface area (Å²) in [4.78, 5) is 0. The molecule has 0 bridgehead atoms. The molecule has 0 saturated heterocycles. The van der Waals surface area contributed by atoms with Gasteiger partial charge in [-0.3, -0.25) is 0 Å². The molecule has 24 heavy (non-hydrogen) atoms. The maximum atomic E-state index is 2.34. The molecule has 0 N–H and O–H groups in total. The summed E-state index contributed by atoms with van der Waals surface area (Å²) < 4.78 is 0. The van der Waals surface area contributed by atoms with Crippen LogP contribution in [-0.2, 0) is 0 Å². The van der Waals surface area contributed by atoms with Gasteiger partial charge in [-0.1, -0.05) is 76.2 Å². The summed E-state index contributed by atoms with van der Waals surface area (Å²) in [6.07, 6.45) is 2.37. The smallest absolute Gasteiger partial charge is 0.00238 e. The van der Waals surface area contributed by atoms with Crippen LogP contribution >= 0.6 is 0 Å². The fourth-order valence-corrected chi connectivity index (χ4v) is 4.15. The zero-order valence-corrected chi connectivity index (χ0v) is 15.2. The number of hydrogen-bond acceptors (Lipinski definition) is 0. The lowest BCUT2D eigenvalue weighted by molar-refractivity contribution is 0.739. The molecule has 0 aliphatic heterocycles. The van der Waals surface area contributed by atoms with Gasteiger partial charge >= 0.3 is 0 Å². The highest BCUT2D eigenvalue weighted by Crippen LogP contribution is 2.41. The summed E-state index contributed by atoms with van der Waals surface area (Å²) in [7, 11) is 0. The van der Waals surface area contributed by atoms with Crippen molar-refractivity contribution < 1.29 is 0 Å². The van der Waals surface area contributed by atoms with Crippen molar-refractivity contribution in [1.82, 2.24) is 0 Å². The van der Waals surface area contributed by atoms with Crippen molar-refractivity contribution >= 4 is 32.3 Å². The third kappa shape index (κ3) is 2.13. The fraction of sp³-hybridized carbons (Fsp3) is 0.333. The average Bonchev–Trinajstić information content (AvgIpc) is 2.64. The summed E-state index contributed by atoms with van der Waals surface area (Å²) in [6, 6.07) is 18.6. The van der Waals surface area contributed by atoms with Crippen LogP contribution in [0.3, 0.4) is 0 Å². The number of rotatable bonds is 4. The van der Waals surface area contributed by atoms with E-state index in [1.165, 1.54) is 56.3 Å². The van der Waals surface area contributed by atoms with Crippen LogP contribution in [0.1, 0.15) is 63.5 Å². The zero-order chi connectivity index (χ0) is 16.8. The molecule has 0 fully saturated rings. The van der Waals surface area contributed by atoms with Crippen LogP contribution in [0.5, 0.6) is 0 Å². The Hall–Kier alpha value is -2.08. The van der Waals surface area contributed by atoms with Gasteiger partial charge < -0.3 is 0 Å². The molecular weight excluding hydrogens is 288 g/mol. The Labute approximate surface area is 144 Å². The molecule has 2 unspecified atom stereocenters. The van der Waals surface area contributed by atoms with E-state index in [9.17, 15) is 0 Å². The van der Waals surface area contributed by atoms with E-state index in [0.717, 1.165) is 0 Å². The van der Waals surface area contributed by atoms with Gasteiger partial charge in [-0.05, 0) is 68.1 Å². The minimum Gasteiger partial charge on any atom is -0.0648 e. The first-order valence-corrected chi connectivity index (χ1v) is 9.36. The summed E-state index contributed by atoms with van der Waals surface area (Å²) in [5.74, 6) is 1.20. The Morgan fingerprint density at radius 2 is 0.958 bits per heavy atom. The molecule has 0 aromatic heterocycles. The van der Waals surface area contributed by atoms with E-state index < -0.39 is 0 Å². The summed E-state index contributed by atoms with van der Waals surface area (Å²) in [5.41, 5.74) is 2.99. The maximum absolute atomic E-state index is 2.34. The maximum Gasteiger partial charge on any atom is -0.00238 e. The largest absolute Gasteiger partial charge is 0.0648 e. The Bertz CT molecular complexity index is 925. The lowest BCUT2D eigenvalue weighted by Crippen LogP contribution is -1.97. The number of benzene rings is 4. The molecule has 122 valence electrons. The molecule has 0 radical (unpaired) electrons. The van der Waals surface area contributed by atoms with Crippen LogP contribution in [0, 0.1) is 0 Å². The molecule has 0 aliphatic rings. The fourth-order valence-electron chi connectivity index (χ4n) is 4.15. The monoisotopic (exact) mass is 314 g/mol. The van der Waals surface area contributed by atoms with Crippen molar-refractivity contribution in [2.75, 3.05) is 0 Å². The van der Waals surface area contributed by atoms with Gasteiger partial charge in [0.15, 0.2) is 0 Å². The molecule has 0 heterocycles. The molecule has 0 amide bonds. The molecule has 4 aromatic rings. The normalized spacial score (nSPS) is 14.7. The second-order valence-electron chi connectivity index (χ2n) is 7.35. The minimum atomic E-state index is 0.601. The Balaban J connectivity index is 2.17. The van der Waals surface area contributed by atoms with E-state index in [4.69, 9.17) is 0 Å². The minimum absolute atomic E-state index is 0.601. The van der Waals surface area contributed by atoms with Gasteiger partial charge in [0.2, 0.25) is 0 Å². The standard InChI is InChI=1S/C24H26/c1-5-15(3)19-11-7-17-10-14-22-20(16(4)6-2)12-8-18-9-13-21(19)23(17)24(18)22/h7-16H,5-6H2,1-4H3. The van der Waals surface area contributed by atoms with Gasteiger partial charge in [0, 0.05) is 0 Å². The van der Waals surface area contributed by atoms with Gasteiger partial charge in [-0.15, -0.1) is 0 Å². The topological polar surface area (TPSA) is 0 Å². The molecule has 0 nitrogen and oxygen atoms in total. The van der Waals surface area contributed by atoms with E-state index in [0.29, 0.717) is 11.8 Å². The first-order chi connectivity index (χ1) is 11.7. The van der Waals surface area contributed by atoms with Crippen molar-refractivity contribution in [2.24, 2.45) is 0 Å².